The molecule has 0 aromatic carbocycles. The van der Waals surface area contributed by atoms with Crippen molar-refractivity contribution in [2.75, 3.05) is 13.7 Å². The Bertz CT molecular complexity index is 396. The number of rotatable bonds is 5. The van der Waals surface area contributed by atoms with E-state index in [9.17, 15) is 9.59 Å². The van der Waals surface area contributed by atoms with Crippen molar-refractivity contribution in [3.63, 3.8) is 0 Å². The largest absolute Gasteiger partial charge is 0.467 e. The minimum Gasteiger partial charge on any atom is -0.467 e. The average molecular weight is 334 g/mol. The molecule has 0 heterocycles. The minimum atomic E-state index is -2.02. The van der Waals surface area contributed by atoms with E-state index in [0.717, 1.165) is 0 Å². The van der Waals surface area contributed by atoms with Crippen molar-refractivity contribution in [2.45, 2.75) is 71.3 Å². The molecule has 0 aromatic rings. The van der Waals surface area contributed by atoms with Gasteiger partial charge >= 0.3 is 12.1 Å². The Balaban J connectivity index is 4.82. The average Bonchev–Trinajstić information content (AvgIpc) is 2.29. The number of carbonyl (C=O) groups is 2. The van der Waals surface area contributed by atoms with Crippen molar-refractivity contribution in [3.05, 3.63) is 0 Å². The van der Waals surface area contributed by atoms with Crippen LogP contribution in [-0.4, -0.2) is 45.7 Å². The Hall–Kier alpha value is -1.08. The van der Waals surface area contributed by atoms with Gasteiger partial charge in [0.05, 0.1) is 13.7 Å². The molecule has 0 unspecified atom stereocenters. The molecule has 0 fully saturated rings. The summed E-state index contributed by atoms with van der Waals surface area (Å²) in [6, 6.07) is -0.881. The van der Waals surface area contributed by atoms with Crippen LogP contribution in [0.1, 0.15) is 41.5 Å². The molecule has 0 rings (SSSR count). The van der Waals surface area contributed by atoms with Crippen LogP contribution in [-0.2, 0) is 18.7 Å². The number of alkyl carbamates (subject to hydrolysis) is 1. The first-order valence-electron chi connectivity index (χ1n) is 7.41. The maximum Gasteiger partial charge on any atom is 0.408 e. The van der Waals surface area contributed by atoms with Crippen molar-refractivity contribution in [1.29, 1.82) is 0 Å². The van der Waals surface area contributed by atoms with Crippen LogP contribution in [0.25, 0.3) is 0 Å². The summed E-state index contributed by atoms with van der Waals surface area (Å²) in [5.74, 6) is -0.551. The van der Waals surface area contributed by atoms with Crippen molar-refractivity contribution in [1.82, 2.24) is 5.32 Å². The predicted molar refractivity (Wildman–Crippen MR) is 88.3 cm³/mol. The molecule has 130 valence electrons. The number of amides is 1. The summed E-state index contributed by atoms with van der Waals surface area (Å²) < 4.78 is 15.9. The van der Waals surface area contributed by atoms with Crippen molar-refractivity contribution >= 4 is 20.4 Å². The van der Waals surface area contributed by atoms with E-state index in [-0.39, 0.29) is 11.6 Å². The van der Waals surface area contributed by atoms with E-state index >= 15 is 0 Å². The lowest BCUT2D eigenvalue weighted by atomic mass is 10.2. The Labute approximate surface area is 135 Å². The highest BCUT2D eigenvalue weighted by Gasteiger charge is 2.38. The van der Waals surface area contributed by atoms with Gasteiger partial charge < -0.3 is 19.2 Å². The fourth-order valence-electron chi connectivity index (χ4n) is 1.27. The number of hydrogen-bond donors (Lipinski definition) is 1. The van der Waals surface area contributed by atoms with Crippen LogP contribution in [0.15, 0.2) is 0 Å². The van der Waals surface area contributed by atoms with E-state index in [1.54, 1.807) is 20.8 Å². The van der Waals surface area contributed by atoms with Crippen molar-refractivity contribution in [2.24, 2.45) is 0 Å². The van der Waals surface area contributed by atoms with E-state index in [2.05, 4.69) is 39.2 Å². The summed E-state index contributed by atoms with van der Waals surface area (Å²) >= 11 is 0. The van der Waals surface area contributed by atoms with Gasteiger partial charge in [-0.15, -0.1) is 0 Å². The molecule has 0 aliphatic heterocycles. The molecular formula is C15H31NO5Si. The second-order valence-corrected chi connectivity index (χ2v) is 12.6. The summed E-state index contributed by atoms with van der Waals surface area (Å²) in [5, 5.41) is 2.52. The van der Waals surface area contributed by atoms with Gasteiger partial charge in [-0.1, -0.05) is 20.8 Å². The predicted octanol–water partition coefficient (Wildman–Crippen LogP) is 3.07. The Morgan fingerprint density at radius 2 is 1.59 bits per heavy atom. The highest BCUT2D eigenvalue weighted by molar-refractivity contribution is 6.74. The molecule has 0 saturated heterocycles. The van der Waals surface area contributed by atoms with E-state index < -0.39 is 32.0 Å². The van der Waals surface area contributed by atoms with Gasteiger partial charge in [0.1, 0.15) is 5.60 Å². The van der Waals surface area contributed by atoms with Gasteiger partial charge in [-0.05, 0) is 38.9 Å². The first-order valence-corrected chi connectivity index (χ1v) is 10.3. The van der Waals surface area contributed by atoms with Gasteiger partial charge in [-0.3, -0.25) is 0 Å². The zero-order chi connectivity index (χ0) is 17.8. The molecule has 1 amide bonds. The molecule has 0 bridgehead atoms. The molecule has 0 aliphatic carbocycles. The maximum atomic E-state index is 11.8. The Kier molecular flexibility index (Phi) is 7.09. The van der Waals surface area contributed by atoms with E-state index in [4.69, 9.17) is 13.9 Å². The van der Waals surface area contributed by atoms with Crippen LogP contribution in [0.5, 0.6) is 0 Å². The first kappa shape index (κ1) is 20.9. The van der Waals surface area contributed by atoms with Crippen molar-refractivity contribution in [3.8, 4) is 0 Å². The molecular weight excluding hydrogens is 302 g/mol. The number of nitrogens with one attached hydrogen (secondary N) is 1. The van der Waals surface area contributed by atoms with Gasteiger partial charge in [-0.2, -0.15) is 0 Å². The van der Waals surface area contributed by atoms with E-state index in [0.29, 0.717) is 0 Å². The van der Waals surface area contributed by atoms with Crippen LogP contribution in [0.4, 0.5) is 4.79 Å². The lowest BCUT2D eigenvalue weighted by Crippen LogP contribution is -2.50. The topological polar surface area (TPSA) is 73.9 Å². The molecule has 0 saturated carbocycles. The molecule has 1 N–H and O–H groups in total. The summed E-state index contributed by atoms with van der Waals surface area (Å²) in [5.41, 5.74) is -0.634. The lowest BCUT2D eigenvalue weighted by molar-refractivity contribution is -0.144. The number of hydrogen-bond acceptors (Lipinski definition) is 5. The first-order chi connectivity index (χ1) is 9.69. The van der Waals surface area contributed by atoms with Gasteiger partial charge in [0.2, 0.25) is 0 Å². The van der Waals surface area contributed by atoms with E-state index in [1.165, 1.54) is 7.11 Å². The van der Waals surface area contributed by atoms with Crippen molar-refractivity contribution < 1.29 is 23.5 Å². The third-order valence-electron chi connectivity index (χ3n) is 3.59. The van der Waals surface area contributed by atoms with Gasteiger partial charge in [-0.25, -0.2) is 9.59 Å². The number of methoxy groups -OCH3 is 1. The highest BCUT2D eigenvalue weighted by Crippen LogP contribution is 2.36. The number of ether oxygens (including phenoxy) is 2. The molecule has 6 nitrogen and oxygen atoms in total. The smallest absolute Gasteiger partial charge is 0.408 e. The number of esters is 1. The maximum absolute atomic E-state index is 11.8. The number of carbonyl (C=O) groups excluding carboxylic acids is 2. The summed E-state index contributed by atoms with van der Waals surface area (Å²) in [4.78, 5) is 23.6. The fourth-order valence-corrected chi connectivity index (χ4v) is 2.29. The molecule has 0 aliphatic rings. The van der Waals surface area contributed by atoms with Crippen LogP contribution in [0.2, 0.25) is 18.1 Å². The standard InChI is InChI=1S/C15H31NO5Si/c1-14(2,3)21-13(18)16-11(12(17)19-7)10-20-22(8,9)15(4,5)6/h11H,10H2,1-9H3,(H,16,18)/t11-/m0/s1. The molecule has 0 aromatic heterocycles. The zero-order valence-electron chi connectivity index (χ0n) is 15.3. The quantitative estimate of drug-likeness (QED) is 0.618. The normalized spacial score (nSPS) is 14.2. The molecule has 0 radical (unpaired) electrons. The second-order valence-electron chi connectivity index (χ2n) is 7.79. The van der Waals surface area contributed by atoms with Crippen LogP contribution in [0.3, 0.4) is 0 Å². The summed E-state index contributed by atoms with van der Waals surface area (Å²) in [6.45, 7) is 15.8. The fraction of sp³-hybridized carbons (Fsp3) is 0.867. The highest BCUT2D eigenvalue weighted by atomic mass is 28.4. The van der Waals surface area contributed by atoms with Gasteiger partial charge in [0.25, 0.3) is 0 Å². The zero-order valence-corrected chi connectivity index (χ0v) is 16.3. The lowest BCUT2D eigenvalue weighted by Gasteiger charge is -2.37. The van der Waals surface area contributed by atoms with E-state index in [1.807, 2.05) is 0 Å². The Morgan fingerprint density at radius 3 is 1.95 bits per heavy atom. The van der Waals surface area contributed by atoms with Gasteiger partial charge in [0, 0.05) is 0 Å². The minimum absolute atomic E-state index is 0.0135. The van der Waals surface area contributed by atoms with Crippen LogP contribution < -0.4 is 5.32 Å². The van der Waals surface area contributed by atoms with Gasteiger partial charge in [0.15, 0.2) is 14.4 Å². The molecule has 0 spiro atoms. The summed E-state index contributed by atoms with van der Waals surface area (Å²) in [7, 11) is -0.748. The van der Waals surface area contributed by atoms with Crippen LogP contribution in [0, 0.1) is 0 Å². The molecule has 7 heteroatoms. The summed E-state index contributed by atoms with van der Waals surface area (Å²) in [6.07, 6.45) is -0.665. The molecule has 1 atom stereocenters. The Morgan fingerprint density at radius 1 is 1.09 bits per heavy atom. The third-order valence-corrected chi connectivity index (χ3v) is 8.09. The van der Waals surface area contributed by atoms with Crippen LogP contribution >= 0.6 is 0 Å². The second kappa shape index (κ2) is 7.46. The monoisotopic (exact) mass is 333 g/mol. The molecule has 22 heavy (non-hydrogen) atoms. The third kappa shape index (κ3) is 7.26. The SMILES string of the molecule is COC(=O)[C@H](CO[Si](C)(C)C(C)(C)C)NC(=O)OC(C)(C)C.